The van der Waals surface area contributed by atoms with Crippen molar-refractivity contribution in [2.75, 3.05) is 14.2 Å². The van der Waals surface area contributed by atoms with Crippen molar-refractivity contribution >= 4 is 56.3 Å². The lowest BCUT2D eigenvalue weighted by molar-refractivity contribution is -0.139. The number of carbonyl (C=O) groups is 2. The zero-order valence-electron chi connectivity index (χ0n) is 16.7. The average Bonchev–Trinajstić information content (AvgIpc) is 3.33. The van der Waals surface area contributed by atoms with Crippen LogP contribution in [0.25, 0.3) is 21.3 Å². The summed E-state index contributed by atoms with van der Waals surface area (Å²) in [6.45, 7) is 0. The number of methoxy groups -OCH3 is 2. The third kappa shape index (κ3) is 3.88. The summed E-state index contributed by atoms with van der Waals surface area (Å²) >= 11 is 2.37. The fraction of sp³-hybridized carbons (Fsp3) is 0.278. The van der Waals surface area contributed by atoms with E-state index in [9.17, 15) is 14.4 Å². The molecule has 31 heavy (non-hydrogen) atoms. The monoisotopic (exact) mass is 460 g/mol. The number of nitrogens with one attached hydrogen (secondary N) is 1. The molecule has 0 aliphatic heterocycles. The topological polar surface area (TPSA) is 142 Å². The van der Waals surface area contributed by atoms with Crippen LogP contribution in [0, 0.1) is 0 Å². The third-order valence-corrected chi connectivity index (χ3v) is 6.59. The van der Waals surface area contributed by atoms with Gasteiger partial charge in [0.25, 0.3) is 5.56 Å². The second-order valence-electron chi connectivity index (χ2n) is 6.32. The van der Waals surface area contributed by atoms with Crippen molar-refractivity contribution < 1.29 is 19.1 Å². The first-order valence-electron chi connectivity index (χ1n) is 8.88. The molecule has 13 heteroatoms. The van der Waals surface area contributed by atoms with Crippen LogP contribution in [0.15, 0.2) is 22.3 Å². The van der Waals surface area contributed by atoms with Crippen LogP contribution in [-0.2, 0) is 33.5 Å². The van der Waals surface area contributed by atoms with Crippen molar-refractivity contribution in [3.05, 3.63) is 39.1 Å². The molecule has 0 amide bonds. The first-order chi connectivity index (χ1) is 14.9. The van der Waals surface area contributed by atoms with Crippen LogP contribution in [-0.4, -0.2) is 55.9 Å². The lowest BCUT2D eigenvalue weighted by atomic mass is 10.1. The predicted molar refractivity (Wildman–Crippen MR) is 113 cm³/mol. The van der Waals surface area contributed by atoms with Gasteiger partial charge in [-0.2, -0.15) is 5.10 Å². The molecule has 0 aliphatic rings. The summed E-state index contributed by atoms with van der Waals surface area (Å²) in [6.07, 6.45) is 2.89. The number of H-pyrrole nitrogens is 1. The second-order valence-corrected chi connectivity index (χ2v) is 8.28. The Kier molecular flexibility index (Phi) is 5.69. The maximum Gasteiger partial charge on any atom is 0.348 e. The number of aryl methyl sites for hydroxylation is 1. The zero-order chi connectivity index (χ0) is 22.1. The number of thiophene rings is 1. The van der Waals surface area contributed by atoms with Gasteiger partial charge in [0.1, 0.15) is 26.9 Å². The molecular weight excluding hydrogens is 444 g/mol. The number of rotatable bonds is 6. The highest BCUT2D eigenvalue weighted by atomic mass is 32.2. The number of hydrogen-bond donors (Lipinski definition) is 1. The van der Waals surface area contributed by atoms with Crippen LogP contribution >= 0.6 is 23.1 Å². The van der Waals surface area contributed by atoms with E-state index in [1.54, 1.807) is 17.9 Å². The summed E-state index contributed by atoms with van der Waals surface area (Å²) < 4.78 is 11.1. The molecule has 0 spiro atoms. The molecule has 4 rings (SSSR count). The Balaban J connectivity index is 1.71. The van der Waals surface area contributed by atoms with Gasteiger partial charge in [-0.05, 0) is 0 Å². The van der Waals surface area contributed by atoms with Crippen molar-refractivity contribution in [3.63, 3.8) is 0 Å². The summed E-state index contributed by atoms with van der Waals surface area (Å²) in [5.41, 5.74) is 0.502. The molecule has 0 radical (unpaired) electrons. The summed E-state index contributed by atoms with van der Waals surface area (Å²) in [5, 5.41) is 5.86. The minimum atomic E-state index is -0.641. The summed E-state index contributed by atoms with van der Waals surface area (Å²) in [6, 6.07) is 0. The Hall–Kier alpha value is -3.32. The number of nitrogens with zero attached hydrogens (tertiary/aromatic N) is 5. The van der Waals surface area contributed by atoms with E-state index in [0.717, 1.165) is 16.7 Å². The summed E-state index contributed by atoms with van der Waals surface area (Å²) in [4.78, 5) is 53.0. The van der Waals surface area contributed by atoms with Crippen LogP contribution in [0.4, 0.5) is 0 Å². The van der Waals surface area contributed by atoms with Crippen LogP contribution < -0.4 is 5.56 Å². The first kappa shape index (κ1) is 20.9. The van der Waals surface area contributed by atoms with Crippen molar-refractivity contribution in [3.8, 4) is 0 Å². The lowest BCUT2D eigenvalue weighted by Crippen LogP contribution is -2.15. The Bertz CT molecular complexity index is 1380. The highest BCUT2D eigenvalue weighted by Gasteiger charge is 2.24. The smallest absolute Gasteiger partial charge is 0.348 e. The fourth-order valence-corrected chi connectivity index (χ4v) is 4.97. The molecule has 0 atom stereocenters. The Labute approximate surface area is 182 Å². The molecule has 4 aromatic heterocycles. The van der Waals surface area contributed by atoms with Gasteiger partial charge in [0, 0.05) is 12.6 Å². The molecule has 11 nitrogen and oxygen atoms in total. The molecular formula is C18H16N6O5S2. The van der Waals surface area contributed by atoms with E-state index in [0.29, 0.717) is 27.1 Å². The Morgan fingerprint density at radius 1 is 1.26 bits per heavy atom. The number of aromatic nitrogens is 6. The maximum absolute atomic E-state index is 12.8. The molecule has 0 aromatic carbocycles. The van der Waals surface area contributed by atoms with Crippen molar-refractivity contribution in [2.24, 2.45) is 7.05 Å². The van der Waals surface area contributed by atoms with Crippen LogP contribution in [0.3, 0.4) is 0 Å². The van der Waals surface area contributed by atoms with Crippen molar-refractivity contribution in [1.82, 2.24) is 29.7 Å². The molecule has 1 N–H and O–H groups in total. The molecule has 0 bridgehead atoms. The Morgan fingerprint density at radius 3 is 2.81 bits per heavy atom. The third-order valence-electron chi connectivity index (χ3n) is 4.47. The van der Waals surface area contributed by atoms with Gasteiger partial charge >= 0.3 is 11.9 Å². The van der Waals surface area contributed by atoms with Gasteiger partial charge in [0.2, 0.25) is 0 Å². The van der Waals surface area contributed by atoms with Gasteiger partial charge in [-0.15, -0.1) is 11.3 Å². The minimum Gasteiger partial charge on any atom is -0.469 e. The van der Waals surface area contributed by atoms with Gasteiger partial charge in [-0.3, -0.25) is 14.3 Å². The Morgan fingerprint density at radius 2 is 2.06 bits per heavy atom. The zero-order valence-corrected chi connectivity index (χ0v) is 18.3. The molecule has 160 valence electrons. The molecule has 4 aromatic rings. The van der Waals surface area contributed by atoms with E-state index in [4.69, 9.17) is 4.74 Å². The largest absolute Gasteiger partial charge is 0.469 e. The van der Waals surface area contributed by atoms with Crippen LogP contribution in [0.5, 0.6) is 0 Å². The number of carbonyl (C=O) groups excluding carboxylic acids is 2. The van der Waals surface area contributed by atoms with Gasteiger partial charge in [0.15, 0.2) is 5.65 Å². The van der Waals surface area contributed by atoms with E-state index in [2.05, 4.69) is 29.8 Å². The molecule has 0 saturated heterocycles. The summed E-state index contributed by atoms with van der Waals surface area (Å²) in [5.74, 6) is -0.491. The number of ether oxygens (including phenoxy) is 2. The maximum atomic E-state index is 12.8. The van der Waals surface area contributed by atoms with E-state index in [1.165, 1.54) is 32.3 Å². The van der Waals surface area contributed by atoms with Gasteiger partial charge in [0.05, 0.1) is 43.4 Å². The molecule has 0 unspecified atom stereocenters. The van der Waals surface area contributed by atoms with Crippen molar-refractivity contribution in [2.45, 2.75) is 17.2 Å². The van der Waals surface area contributed by atoms with Gasteiger partial charge in [-0.1, -0.05) is 11.8 Å². The molecule has 0 aliphatic carbocycles. The molecule has 0 saturated carbocycles. The minimum absolute atomic E-state index is 0.151. The fourth-order valence-electron chi connectivity index (χ4n) is 3.01. The lowest BCUT2D eigenvalue weighted by Gasteiger charge is -2.03. The van der Waals surface area contributed by atoms with Gasteiger partial charge in [-0.25, -0.2) is 19.7 Å². The van der Waals surface area contributed by atoms with Crippen molar-refractivity contribution in [1.29, 1.82) is 0 Å². The first-order valence-corrected chi connectivity index (χ1v) is 10.7. The van der Waals surface area contributed by atoms with Crippen LogP contribution in [0.2, 0.25) is 0 Å². The average molecular weight is 460 g/mol. The molecule has 4 heterocycles. The van der Waals surface area contributed by atoms with E-state index in [1.807, 2.05) is 0 Å². The van der Waals surface area contributed by atoms with E-state index >= 15 is 0 Å². The highest BCUT2D eigenvalue weighted by Crippen LogP contribution is 2.31. The second kappa shape index (κ2) is 8.43. The number of thioether (sulfide) groups is 1. The number of aromatic amines is 1. The van der Waals surface area contributed by atoms with E-state index in [-0.39, 0.29) is 22.2 Å². The predicted octanol–water partition coefficient (Wildman–Crippen LogP) is 1.46. The highest BCUT2D eigenvalue weighted by molar-refractivity contribution is 7.98. The number of fused-ring (bicyclic) bond motifs is 2. The normalized spacial score (nSPS) is 11.2. The number of hydrogen-bond acceptors (Lipinski definition) is 11. The summed E-state index contributed by atoms with van der Waals surface area (Å²) in [7, 11) is 4.26. The molecule has 0 fully saturated rings. The standard InChI is InChI=1S/C18H16N6O5S2/c1-24-14-9(5-21-24)16(20-7-19-14)30-6-10-22-15(26)12-8(4-11(25)28-2)13(18(27)29-3)31-17(12)23-10/h5,7H,4,6H2,1-3H3,(H,22,23,26). The quantitative estimate of drug-likeness (QED) is 0.255. The van der Waals surface area contributed by atoms with Gasteiger partial charge < -0.3 is 14.5 Å². The number of esters is 2. The van der Waals surface area contributed by atoms with Crippen LogP contribution in [0.1, 0.15) is 21.1 Å². The SMILES string of the molecule is COC(=O)Cc1c(C(=O)OC)sc2nc(CSc3ncnc4c3cnn4C)[nH]c(=O)c12. The van der Waals surface area contributed by atoms with E-state index < -0.39 is 17.5 Å².